The number of carbonyl (C=O) groups is 1. The van der Waals surface area contributed by atoms with Crippen LogP contribution >= 0.6 is 11.6 Å². The fourth-order valence-electron chi connectivity index (χ4n) is 2.66. The lowest BCUT2D eigenvalue weighted by Crippen LogP contribution is -2.44. The predicted octanol–water partition coefficient (Wildman–Crippen LogP) is 2.04. The van der Waals surface area contributed by atoms with E-state index >= 15 is 0 Å². The van der Waals surface area contributed by atoms with Crippen molar-refractivity contribution in [3.8, 4) is 0 Å². The molecule has 0 bridgehead atoms. The zero-order chi connectivity index (χ0) is 18.7. The first-order valence-corrected chi connectivity index (χ1v) is 8.32. The number of amides is 1. The maximum absolute atomic E-state index is 12.5. The van der Waals surface area contributed by atoms with Gasteiger partial charge in [-0.3, -0.25) is 14.9 Å². The fraction of sp³-hybridized carbons (Fsp3) is 0.312. The van der Waals surface area contributed by atoms with Gasteiger partial charge >= 0.3 is 0 Å². The number of nitro groups is 1. The monoisotopic (exact) mass is 376 g/mol. The highest BCUT2D eigenvalue weighted by molar-refractivity contribution is 6.31. The van der Waals surface area contributed by atoms with Gasteiger partial charge in [0, 0.05) is 43.3 Å². The van der Waals surface area contributed by atoms with Crippen molar-refractivity contribution in [3.63, 3.8) is 0 Å². The molecule has 26 heavy (non-hydrogen) atoms. The number of likely N-dealkylation sites (N-methyl/N-ethyl adjacent to an activating group) is 1. The molecule has 0 unspecified atom stereocenters. The Balaban J connectivity index is 1.79. The molecule has 0 aliphatic carbocycles. The Bertz CT molecular complexity index is 838. The maximum Gasteiger partial charge on any atom is 0.282 e. The van der Waals surface area contributed by atoms with E-state index < -0.39 is 10.8 Å². The molecule has 1 fully saturated rings. The second-order valence-corrected chi connectivity index (χ2v) is 6.36. The Morgan fingerprint density at radius 1 is 1.23 bits per heavy atom. The van der Waals surface area contributed by atoms with E-state index in [9.17, 15) is 14.9 Å². The number of aromatic nitrogens is 2. The molecule has 0 spiro atoms. The summed E-state index contributed by atoms with van der Waals surface area (Å²) in [5, 5.41) is 13.9. The van der Waals surface area contributed by atoms with E-state index in [1.54, 1.807) is 6.07 Å². The topological polar surface area (TPSA) is 104 Å². The number of hydrogen-bond donors (Lipinski definition) is 1. The van der Waals surface area contributed by atoms with Crippen molar-refractivity contribution in [1.82, 2.24) is 14.9 Å². The molecule has 10 heteroatoms. The van der Waals surface area contributed by atoms with Crippen molar-refractivity contribution >= 4 is 34.8 Å². The normalized spacial score (nSPS) is 14.9. The Labute approximate surface area is 154 Å². The average Bonchev–Trinajstić information content (AvgIpc) is 2.62. The minimum Gasteiger partial charge on any atom is -0.354 e. The van der Waals surface area contributed by atoms with Gasteiger partial charge in [0.15, 0.2) is 0 Å². The molecule has 1 aromatic heterocycles. The van der Waals surface area contributed by atoms with Crippen LogP contribution in [0.25, 0.3) is 0 Å². The van der Waals surface area contributed by atoms with Crippen LogP contribution in [0.5, 0.6) is 0 Å². The van der Waals surface area contributed by atoms with Gasteiger partial charge in [-0.2, -0.15) is 0 Å². The highest BCUT2D eigenvalue weighted by Crippen LogP contribution is 2.24. The number of nitrogens with one attached hydrogen (secondary N) is 1. The molecule has 1 N–H and O–H groups in total. The summed E-state index contributed by atoms with van der Waals surface area (Å²) in [6.45, 7) is 3.47. The number of benzene rings is 1. The first kappa shape index (κ1) is 18.0. The standard InChI is InChI=1S/C16H17ClN6O3/c1-21-4-6-22(7-5-21)15-9-14(18-10-19-15)20-16(24)12-8-11(17)2-3-13(12)23(25)26/h2-3,8-10H,4-7H2,1H3,(H,18,19,20,24). The number of carbonyl (C=O) groups excluding carboxylic acids is 1. The van der Waals surface area contributed by atoms with Gasteiger partial charge in [0.25, 0.3) is 11.6 Å². The van der Waals surface area contributed by atoms with Gasteiger partial charge in [0.05, 0.1) is 4.92 Å². The van der Waals surface area contributed by atoms with Crippen LogP contribution in [-0.2, 0) is 0 Å². The molecule has 9 nitrogen and oxygen atoms in total. The number of piperazine rings is 1. The first-order valence-electron chi connectivity index (χ1n) is 7.95. The van der Waals surface area contributed by atoms with Crippen LogP contribution in [0.2, 0.25) is 5.02 Å². The van der Waals surface area contributed by atoms with Crippen LogP contribution in [0.15, 0.2) is 30.6 Å². The summed E-state index contributed by atoms with van der Waals surface area (Å²) >= 11 is 5.87. The molecule has 1 saturated heterocycles. The molecule has 0 radical (unpaired) electrons. The van der Waals surface area contributed by atoms with Gasteiger partial charge < -0.3 is 15.1 Å². The third-order valence-corrected chi connectivity index (χ3v) is 4.36. The smallest absolute Gasteiger partial charge is 0.282 e. The molecular weight excluding hydrogens is 360 g/mol. The third-order valence-electron chi connectivity index (χ3n) is 4.12. The molecular formula is C16H17ClN6O3. The number of halogens is 1. The summed E-state index contributed by atoms with van der Waals surface area (Å²) in [7, 11) is 2.06. The largest absolute Gasteiger partial charge is 0.354 e. The van der Waals surface area contributed by atoms with Crippen LogP contribution in [0.3, 0.4) is 0 Å². The molecule has 1 aliphatic rings. The molecule has 2 heterocycles. The number of nitro benzene ring substituents is 1. The van der Waals surface area contributed by atoms with Gasteiger partial charge in [0.1, 0.15) is 23.5 Å². The summed E-state index contributed by atoms with van der Waals surface area (Å²) in [5.41, 5.74) is -0.442. The van der Waals surface area contributed by atoms with Crippen molar-refractivity contribution < 1.29 is 9.72 Å². The van der Waals surface area contributed by atoms with Crippen LogP contribution in [-0.4, -0.2) is 58.9 Å². The molecule has 136 valence electrons. The lowest BCUT2D eigenvalue weighted by Gasteiger charge is -2.33. The summed E-state index contributed by atoms with van der Waals surface area (Å²) < 4.78 is 0. The van der Waals surface area contributed by atoms with Crippen molar-refractivity contribution in [1.29, 1.82) is 0 Å². The molecule has 1 aliphatic heterocycles. The Morgan fingerprint density at radius 2 is 1.96 bits per heavy atom. The summed E-state index contributed by atoms with van der Waals surface area (Å²) in [4.78, 5) is 35.6. The van der Waals surface area contributed by atoms with Crippen molar-refractivity contribution in [2.45, 2.75) is 0 Å². The van der Waals surface area contributed by atoms with E-state index in [0.717, 1.165) is 26.2 Å². The van der Waals surface area contributed by atoms with Crippen molar-refractivity contribution in [2.75, 3.05) is 43.4 Å². The van der Waals surface area contributed by atoms with E-state index in [0.29, 0.717) is 5.82 Å². The maximum atomic E-state index is 12.5. The van der Waals surface area contributed by atoms with Crippen LogP contribution in [0.1, 0.15) is 10.4 Å². The predicted molar refractivity (Wildman–Crippen MR) is 97.8 cm³/mol. The molecule has 1 amide bonds. The second kappa shape index (κ2) is 7.63. The summed E-state index contributed by atoms with van der Waals surface area (Å²) in [6, 6.07) is 5.48. The second-order valence-electron chi connectivity index (χ2n) is 5.92. The van der Waals surface area contributed by atoms with E-state index in [-0.39, 0.29) is 22.1 Å². The molecule has 2 aromatic rings. The Kier molecular flexibility index (Phi) is 5.29. The zero-order valence-electron chi connectivity index (χ0n) is 14.1. The van der Waals surface area contributed by atoms with Gasteiger partial charge in [-0.25, -0.2) is 9.97 Å². The Morgan fingerprint density at radius 3 is 2.65 bits per heavy atom. The summed E-state index contributed by atoms with van der Waals surface area (Å²) in [6.07, 6.45) is 1.36. The minimum absolute atomic E-state index is 0.123. The third kappa shape index (κ3) is 4.06. The highest BCUT2D eigenvalue weighted by Gasteiger charge is 2.22. The molecule has 1 aromatic carbocycles. The van der Waals surface area contributed by atoms with Crippen molar-refractivity contribution in [3.05, 3.63) is 51.3 Å². The van der Waals surface area contributed by atoms with E-state index in [4.69, 9.17) is 11.6 Å². The number of rotatable bonds is 4. The SMILES string of the molecule is CN1CCN(c2cc(NC(=O)c3cc(Cl)ccc3[N+](=O)[O-])ncn2)CC1. The van der Waals surface area contributed by atoms with Gasteiger partial charge in [0.2, 0.25) is 0 Å². The lowest BCUT2D eigenvalue weighted by molar-refractivity contribution is -0.385. The van der Waals surface area contributed by atoms with E-state index in [2.05, 4.69) is 32.1 Å². The van der Waals surface area contributed by atoms with Gasteiger partial charge in [-0.15, -0.1) is 0 Å². The highest BCUT2D eigenvalue weighted by atomic mass is 35.5. The zero-order valence-corrected chi connectivity index (χ0v) is 14.8. The van der Waals surface area contributed by atoms with E-state index in [1.807, 2.05) is 0 Å². The van der Waals surface area contributed by atoms with Crippen LogP contribution in [0, 0.1) is 10.1 Å². The minimum atomic E-state index is -0.651. The van der Waals surface area contributed by atoms with Crippen LogP contribution in [0.4, 0.5) is 17.3 Å². The van der Waals surface area contributed by atoms with E-state index in [1.165, 1.54) is 24.5 Å². The molecule has 0 saturated carbocycles. The van der Waals surface area contributed by atoms with Crippen LogP contribution < -0.4 is 10.2 Å². The quantitative estimate of drug-likeness (QED) is 0.643. The number of anilines is 2. The van der Waals surface area contributed by atoms with Gasteiger partial charge in [-0.05, 0) is 19.2 Å². The number of hydrogen-bond acceptors (Lipinski definition) is 7. The Hall–Kier alpha value is -2.78. The summed E-state index contributed by atoms with van der Waals surface area (Å²) in [5.74, 6) is 0.319. The fourth-order valence-corrected chi connectivity index (χ4v) is 2.83. The molecule has 0 atom stereocenters. The molecule has 3 rings (SSSR count). The van der Waals surface area contributed by atoms with Gasteiger partial charge in [-0.1, -0.05) is 11.6 Å². The number of nitrogens with zero attached hydrogens (tertiary/aromatic N) is 5. The average molecular weight is 377 g/mol. The first-order chi connectivity index (χ1) is 12.4. The van der Waals surface area contributed by atoms with Crippen molar-refractivity contribution in [2.24, 2.45) is 0 Å². The lowest BCUT2D eigenvalue weighted by atomic mass is 10.1.